The predicted molar refractivity (Wildman–Crippen MR) is 89.8 cm³/mol. The second kappa shape index (κ2) is 7.02. The summed E-state index contributed by atoms with van der Waals surface area (Å²) in [6.45, 7) is 11.4. The van der Waals surface area contributed by atoms with Crippen molar-refractivity contribution >= 4 is 11.9 Å². The van der Waals surface area contributed by atoms with E-state index in [2.05, 4.69) is 5.32 Å². The second-order valence-electron chi connectivity index (χ2n) is 7.34. The molecule has 5 nitrogen and oxygen atoms in total. The molecule has 1 aromatic rings. The first kappa shape index (κ1) is 19.0. The molecule has 23 heavy (non-hydrogen) atoms. The van der Waals surface area contributed by atoms with Crippen molar-refractivity contribution in [2.24, 2.45) is 5.92 Å². The molecule has 0 aliphatic carbocycles. The maximum absolute atomic E-state index is 12.4. The number of nitrogens with one attached hydrogen (secondary N) is 1. The van der Waals surface area contributed by atoms with Crippen molar-refractivity contribution < 1.29 is 19.4 Å². The molecule has 0 saturated heterocycles. The van der Waals surface area contributed by atoms with E-state index in [-0.39, 0.29) is 23.8 Å². The van der Waals surface area contributed by atoms with Crippen LogP contribution in [0, 0.1) is 5.92 Å². The Morgan fingerprint density at radius 2 is 1.65 bits per heavy atom. The summed E-state index contributed by atoms with van der Waals surface area (Å²) in [4.78, 5) is 23.4. The van der Waals surface area contributed by atoms with E-state index in [1.807, 2.05) is 34.6 Å². The fourth-order valence-corrected chi connectivity index (χ4v) is 2.07. The minimum atomic E-state index is -0.935. The van der Waals surface area contributed by atoms with Crippen LogP contribution < -0.4 is 10.1 Å². The molecule has 0 radical (unpaired) electrons. The molecule has 2 N–H and O–H groups in total. The SMILES string of the molecule is CC(C)C(C)(CC(=O)O)NC(=O)c1ccc(OC(C)(C)C)cc1. The molecule has 0 spiro atoms. The van der Waals surface area contributed by atoms with Crippen LogP contribution in [-0.2, 0) is 4.79 Å². The Morgan fingerprint density at radius 1 is 1.13 bits per heavy atom. The smallest absolute Gasteiger partial charge is 0.305 e. The Bertz CT molecular complexity index is 557. The molecule has 5 heteroatoms. The van der Waals surface area contributed by atoms with E-state index < -0.39 is 11.5 Å². The zero-order valence-electron chi connectivity index (χ0n) is 14.8. The topological polar surface area (TPSA) is 75.6 Å². The monoisotopic (exact) mass is 321 g/mol. The molecule has 0 bridgehead atoms. The first-order chi connectivity index (χ1) is 10.4. The molecule has 0 aromatic heterocycles. The molecular formula is C18H27NO4. The van der Waals surface area contributed by atoms with E-state index in [1.54, 1.807) is 31.2 Å². The first-order valence-corrected chi connectivity index (χ1v) is 7.76. The van der Waals surface area contributed by atoms with Crippen LogP contribution >= 0.6 is 0 Å². The molecular weight excluding hydrogens is 294 g/mol. The van der Waals surface area contributed by atoms with Crippen LogP contribution in [0.25, 0.3) is 0 Å². The normalized spacial score (nSPS) is 14.2. The largest absolute Gasteiger partial charge is 0.488 e. The summed E-state index contributed by atoms with van der Waals surface area (Å²) in [7, 11) is 0. The molecule has 0 heterocycles. The van der Waals surface area contributed by atoms with Gasteiger partial charge < -0.3 is 15.2 Å². The number of carbonyl (C=O) groups is 2. The summed E-state index contributed by atoms with van der Waals surface area (Å²) in [6, 6.07) is 6.84. The summed E-state index contributed by atoms with van der Waals surface area (Å²) in [5.41, 5.74) is -0.631. The fourth-order valence-electron chi connectivity index (χ4n) is 2.07. The van der Waals surface area contributed by atoms with Gasteiger partial charge in [0.15, 0.2) is 0 Å². The van der Waals surface area contributed by atoms with Crippen LogP contribution in [0.5, 0.6) is 5.75 Å². The Balaban J connectivity index is 2.86. The summed E-state index contributed by atoms with van der Waals surface area (Å²) in [5, 5.41) is 11.9. The minimum absolute atomic E-state index is 0.00829. The lowest BCUT2D eigenvalue weighted by molar-refractivity contribution is -0.138. The highest BCUT2D eigenvalue weighted by atomic mass is 16.5. The van der Waals surface area contributed by atoms with Gasteiger partial charge >= 0.3 is 5.97 Å². The molecule has 128 valence electrons. The van der Waals surface area contributed by atoms with Crippen LogP contribution in [0.15, 0.2) is 24.3 Å². The van der Waals surface area contributed by atoms with E-state index in [0.717, 1.165) is 0 Å². The lowest BCUT2D eigenvalue weighted by Gasteiger charge is -2.33. The highest BCUT2D eigenvalue weighted by molar-refractivity contribution is 5.95. The van der Waals surface area contributed by atoms with Gasteiger partial charge in [0.2, 0.25) is 0 Å². The predicted octanol–water partition coefficient (Wildman–Crippen LogP) is 3.48. The van der Waals surface area contributed by atoms with Gasteiger partial charge in [-0.1, -0.05) is 13.8 Å². The molecule has 1 atom stereocenters. The average Bonchev–Trinajstić information content (AvgIpc) is 2.36. The lowest BCUT2D eigenvalue weighted by atomic mass is 9.85. The Morgan fingerprint density at radius 3 is 2.04 bits per heavy atom. The van der Waals surface area contributed by atoms with E-state index in [0.29, 0.717) is 11.3 Å². The zero-order valence-corrected chi connectivity index (χ0v) is 14.8. The average molecular weight is 321 g/mol. The fraction of sp³-hybridized carbons (Fsp3) is 0.556. The van der Waals surface area contributed by atoms with Crippen LogP contribution in [0.3, 0.4) is 0 Å². The van der Waals surface area contributed by atoms with Crippen molar-refractivity contribution in [3.8, 4) is 5.75 Å². The van der Waals surface area contributed by atoms with Crippen molar-refractivity contribution in [1.82, 2.24) is 5.32 Å². The zero-order chi connectivity index (χ0) is 17.8. The Labute approximate surface area is 138 Å². The molecule has 1 aromatic carbocycles. The first-order valence-electron chi connectivity index (χ1n) is 7.76. The van der Waals surface area contributed by atoms with Crippen molar-refractivity contribution in [3.63, 3.8) is 0 Å². The standard InChI is InChI=1S/C18H27NO4/c1-12(2)18(6,11-15(20)21)19-16(22)13-7-9-14(10-8-13)23-17(3,4)5/h7-10,12H,11H2,1-6H3,(H,19,22)(H,20,21). The van der Waals surface area contributed by atoms with Gasteiger partial charge in [0.05, 0.1) is 12.0 Å². The quantitative estimate of drug-likeness (QED) is 0.841. The lowest BCUT2D eigenvalue weighted by Crippen LogP contribution is -2.51. The van der Waals surface area contributed by atoms with Gasteiger partial charge in [-0.3, -0.25) is 9.59 Å². The number of hydrogen-bond donors (Lipinski definition) is 2. The van der Waals surface area contributed by atoms with Gasteiger partial charge in [0, 0.05) is 5.56 Å². The second-order valence-corrected chi connectivity index (χ2v) is 7.34. The third-order valence-corrected chi connectivity index (χ3v) is 3.73. The summed E-state index contributed by atoms with van der Waals surface area (Å²) < 4.78 is 5.72. The molecule has 0 aliphatic heterocycles. The van der Waals surface area contributed by atoms with E-state index >= 15 is 0 Å². The summed E-state index contributed by atoms with van der Waals surface area (Å²) in [5.74, 6) is -0.544. The number of hydrogen-bond acceptors (Lipinski definition) is 3. The van der Waals surface area contributed by atoms with Crippen molar-refractivity contribution in [2.45, 2.75) is 59.1 Å². The number of carboxylic acids is 1. The van der Waals surface area contributed by atoms with Crippen LogP contribution in [0.2, 0.25) is 0 Å². The van der Waals surface area contributed by atoms with Crippen LogP contribution in [0.1, 0.15) is 58.3 Å². The molecule has 1 amide bonds. The third kappa shape index (κ3) is 5.93. The number of rotatable bonds is 6. The van der Waals surface area contributed by atoms with Crippen LogP contribution in [0.4, 0.5) is 0 Å². The van der Waals surface area contributed by atoms with Gasteiger partial charge in [-0.05, 0) is 57.9 Å². The maximum atomic E-state index is 12.4. The van der Waals surface area contributed by atoms with E-state index in [1.165, 1.54) is 0 Å². The number of benzene rings is 1. The van der Waals surface area contributed by atoms with Crippen molar-refractivity contribution in [3.05, 3.63) is 29.8 Å². The molecule has 0 aliphatic rings. The molecule has 0 saturated carbocycles. The van der Waals surface area contributed by atoms with Gasteiger partial charge in [-0.25, -0.2) is 0 Å². The van der Waals surface area contributed by atoms with Crippen LogP contribution in [-0.4, -0.2) is 28.1 Å². The number of carboxylic acid groups (broad SMARTS) is 1. The van der Waals surface area contributed by atoms with Crippen molar-refractivity contribution in [1.29, 1.82) is 0 Å². The third-order valence-electron chi connectivity index (χ3n) is 3.73. The number of carbonyl (C=O) groups excluding carboxylic acids is 1. The molecule has 1 unspecified atom stereocenters. The van der Waals surface area contributed by atoms with E-state index in [9.17, 15) is 9.59 Å². The van der Waals surface area contributed by atoms with Crippen molar-refractivity contribution in [2.75, 3.05) is 0 Å². The van der Waals surface area contributed by atoms with Gasteiger partial charge in [0.25, 0.3) is 5.91 Å². The number of ether oxygens (including phenoxy) is 1. The number of aliphatic carboxylic acids is 1. The highest BCUT2D eigenvalue weighted by Gasteiger charge is 2.33. The molecule has 0 fully saturated rings. The number of amides is 1. The van der Waals surface area contributed by atoms with Gasteiger partial charge in [-0.15, -0.1) is 0 Å². The summed E-state index contributed by atoms with van der Waals surface area (Å²) in [6.07, 6.45) is -0.123. The Kier molecular flexibility index (Phi) is 5.81. The summed E-state index contributed by atoms with van der Waals surface area (Å²) >= 11 is 0. The van der Waals surface area contributed by atoms with Gasteiger partial charge in [-0.2, -0.15) is 0 Å². The maximum Gasteiger partial charge on any atom is 0.305 e. The van der Waals surface area contributed by atoms with Gasteiger partial charge in [0.1, 0.15) is 11.4 Å². The minimum Gasteiger partial charge on any atom is -0.488 e. The Hall–Kier alpha value is -2.04. The van der Waals surface area contributed by atoms with E-state index in [4.69, 9.17) is 9.84 Å². The highest BCUT2D eigenvalue weighted by Crippen LogP contribution is 2.23. The molecule has 1 rings (SSSR count).